The molecule has 1 atom stereocenters. The van der Waals surface area contributed by atoms with E-state index in [1.807, 2.05) is 12.1 Å². The summed E-state index contributed by atoms with van der Waals surface area (Å²) in [7, 11) is 0. The Hall–Kier alpha value is -2.66. The van der Waals surface area contributed by atoms with Crippen LogP contribution < -0.4 is 0 Å². The molecule has 0 saturated carbocycles. The second kappa shape index (κ2) is 9.86. The van der Waals surface area contributed by atoms with Gasteiger partial charge in [0.05, 0.1) is 19.4 Å². The van der Waals surface area contributed by atoms with Crippen molar-refractivity contribution in [3.63, 3.8) is 0 Å². The first-order valence-corrected chi connectivity index (χ1v) is 11.7. The highest BCUT2D eigenvalue weighted by atomic mass is 16.5. The molecule has 4 nitrogen and oxygen atoms in total. The third-order valence-corrected chi connectivity index (χ3v) is 6.72. The molecule has 2 aliphatic rings. The predicted molar refractivity (Wildman–Crippen MR) is 127 cm³/mol. The third-order valence-electron chi connectivity index (χ3n) is 6.72. The van der Waals surface area contributed by atoms with Gasteiger partial charge in [0.15, 0.2) is 0 Å². The summed E-state index contributed by atoms with van der Waals surface area (Å²) < 4.78 is 5.95. The van der Waals surface area contributed by atoms with Crippen LogP contribution in [0.2, 0.25) is 0 Å². The molecule has 3 aromatic carbocycles. The molecule has 32 heavy (non-hydrogen) atoms. The Kier molecular flexibility index (Phi) is 6.54. The predicted octanol–water partition coefficient (Wildman–Crippen LogP) is 5.11. The number of rotatable bonds is 7. The van der Waals surface area contributed by atoms with Gasteiger partial charge in [0.2, 0.25) is 0 Å². The van der Waals surface area contributed by atoms with Gasteiger partial charge in [-0.2, -0.15) is 0 Å². The fourth-order valence-electron chi connectivity index (χ4n) is 5.04. The summed E-state index contributed by atoms with van der Waals surface area (Å²) in [5.74, 6) is 0.351. The first-order chi connectivity index (χ1) is 15.8. The minimum Gasteiger partial charge on any atom is -0.508 e. The highest BCUT2D eigenvalue weighted by Gasteiger charge is 2.29. The molecule has 1 unspecified atom stereocenters. The van der Waals surface area contributed by atoms with Crippen LogP contribution in [0.25, 0.3) is 0 Å². The number of likely N-dealkylation sites (tertiary alicyclic amines) is 1. The molecule has 0 amide bonds. The number of ether oxygens (including phenoxy) is 1. The Labute approximate surface area is 191 Å². The molecular formula is C28H32N2O2. The summed E-state index contributed by atoms with van der Waals surface area (Å²) in [5.41, 5.74) is 6.37. The van der Waals surface area contributed by atoms with E-state index in [9.17, 15) is 5.11 Å². The first kappa shape index (κ1) is 21.2. The monoisotopic (exact) mass is 428 g/mol. The van der Waals surface area contributed by atoms with Crippen LogP contribution in [0.15, 0.2) is 72.8 Å². The lowest BCUT2D eigenvalue weighted by Crippen LogP contribution is -2.35. The minimum atomic E-state index is 0.180. The number of hydrogen-bond donors (Lipinski definition) is 1. The van der Waals surface area contributed by atoms with Crippen LogP contribution in [0.1, 0.15) is 46.7 Å². The van der Waals surface area contributed by atoms with Crippen molar-refractivity contribution in [1.29, 1.82) is 0 Å². The lowest BCUT2D eigenvalue weighted by atomic mass is 9.87. The topological polar surface area (TPSA) is 35.9 Å². The lowest BCUT2D eigenvalue weighted by Gasteiger charge is -2.38. The largest absolute Gasteiger partial charge is 0.508 e. The summed E-state index contributed by atoms with van der Waals surface area (Å²) in [5, 5.41) is 10.0. The van der Waals surface area contributed by atoms with Crippen LogP contribution in [0, 0.1) is 0 Å². The zero-order valence-electron chi connectivity index (χ0n) is 18.6. The van der Waals surface area contributed by atoms with Gasteiger partial charge in [0.1, 0.15) is 5.75 Å². The van der Waals surface area contributed by atoms with Gasteiger partial charge in [-0.15, -0.1) is 0 Å². The van der Waals surface area contributed by atoms with Crippen molar-refractivity contribution in [2.24, 2.45) is 0 Å². The highest BCUT2D eigenvalue weighted by Crippen LogP contribution is 2.37. The quantitative estimate of drug-likeness (QED) is 0.567. The molecule has 3 aromatic rings. The summed E-state index contributed by atoms with van der Waals surface area (Å²) in [6.07, 6.45) is 3.53. The van der Waals surface area contributed by atoms with E-state index in [0.29, 0.717) is 12.4 Å². The molecule has 0 radical (unpaired) electrons. The Balaban J connectivity index is 1.35. The zero-order chi connectivity index (χ0) is 21.8. The number of phenolic OH excluding ortho intramolecular Hbond substituents is 1. The SMILES string of the molecule is Oc1ccc2c(c1)CCN(Cc1ccccc1)C2c1ccc(COCN2CCCC2)cc1. The normalized spacial score (nSPS) is 19.2. The van der Waals surface area contributed by atoms with Gasteiger partial charge >= 0.3 is 0 Å². The molecule has 1 fully saturated rings. The molecule has 1 N–H and O–H groups in total. The van der Waals surface area contributed by atoms with E-state index in [0.717, 1.165) is 39.3 Å². The summed E-state index contributed by atoms with van der Waals surface area (Å²) in [6.45, 7) is 5.58. The van der Waals surface area contributed by atoms with E-state index in [2.05, 4.69) is 70.5 Å². The Morgan fingerprint density at radius 1 is 0.844 bits per heavy atom. The van der Waals surface area contributed by atoms with Crippen molar-refractivity contribution in [2.45, 2.75) is 38.5 Å². The maximum atomic E-state index is 10.0. The summed E-state index contributed by atoms with van der Waals surface area (Å²) >= 11 is 0. The number of fused-ring (bicyclic) bond motifs is 1. The van der Waals surface area contributed by atoms with Crippen molar-refractivity contribution < 1.29 is 9.84 Å². The van der Waals surface area contributed by atoms with Crippen molar-refractivity contribution in [3.05, 3.63) is 101 Å². The molecule has 0 spiro atoms. The molecule has 2 aliphatic heterocycles. The first-order valence-electron chi connectivity index (χ1n) is 11.7. The molecule has 0 bridgehead atoms. The molecule has 0 aliphatic carbocycles. The molecule has 4 heteroatoms. The number of hydrogen-bond acceptors (Lipinski definition) is 4. The van der Waals surface area contributed by atoms with Crippen molar-refractivity contribution in [2.75, 3.05) is 26.4 Å². The van der Waals surface area contributed by atoms with Gasteiger partial charge in [-0.05, 0) is 59.2 Å². The average molecular weight is 429 g/mol. The Bertz CT molecular complexity index is 1010. The van der Waals surface area contributed by atoms with Gasteiger partial charge in [0.25, 0.3) is 0 Å². The summed E-state index contributed by atoms with van der Waals surface area (Å²) in [6, 6.07) is 25.6. The Morgan fingerprint density at radius 3 is 2.41 bits per heavy atom. The number of phenols is 1. The molecule has 0 aromatic heterocycles. The second-order valence-electron chi connectivity index (χ2n) is 9.04. The average Bonchev–Trinajstić information content (AvgIpc) is 3.34. The summed E-state index contributed by atoms with van der Waals surface area (Å²) in [4.78, 5) is 4.93. The zero-order valence-corrected chi connectivity index (χ0v) is 18.6. The van der Waals surface area contributed by atoms with Crippen LogP contribution in [-0.2, 0) is 24.3 Å². The van der Waals surface area contributed by atoms with E-state index in [4.69, 9.17) is 4.74 Å². The van der Waals surface area contributed by atoms with E-state index in [-0.39, 0.29) is 6.04 Å². The second-order valence-corrected chi connectivity index (χ2v) is 9.04. The van der Waals surface area contributed by atoms with E-state index in [1.54, 1.807) is 0 Å². The van der Waals surface area contributed by atoms with E-state index >= 15 is 0 Å². The van der Waals surface area contributed by atoms with Crippen LogP contribution in [0.3, 0.4) is 0 Å². The van der Waals surface area contributed by atoms with Crippen LogP contribution in [-0.4, -0.2) is 41.3 Å². The molecule has 2 heterocycles. The maximum Gasteiger partial charge on any atom is 0.115 e. The van der Waals surface area contributed by atoms with Gasteiger partial charge in [-0.1, -0.05) is 60.7 Å². The third kappa shape index (κ3) is 4.88. The van der Waals surface area contributed by atoms with Gasteiger partial charge in [0, 0.05) is 26.2 Å². The van der Waals surface area contributed by atoms with E-state index in [1.165, 1.54) is 40.7 Å². The van der Waals surface area contributed by atoms with Crippen molar-refractivity contribution >= 4 is 0 Å². The van der Waals surface area contributed by atoms with Gasteiger partial charge in [-0.3, -0.25) is 9.80 Å². The molecule has 5 rings (SSSR count). The number of benzene rings is 3. The number of aromatic hydroxyl groups is 1. The van der Waals surface area contributed by atoms with Crippen LogP contribution in [0.5, 0.6) is 5.75 Å². The maximum absolute atomic E-state index is 10.0. The Morgan fingerprint density at radius 2 is 1.62 bits per heavy atom. The van der Waals surface area contributed by atoms with Gasteiger partial charge < -0.3 is 9.84 Å². The smallest absolute Gasteiger partial charge is 0.115 e. The van der Waals surface area contributed by atoms with Crippen molar-refractivity contribution in [1.82, 2.24) is 9.80 Å². The van der Waals surface area contributed by atoms with Crippen LogP contribution >= 0.6 is 0 Å². The fraction of sp³-hybridized carbons (Fsp3) is 0.357. The molecule has 1 saturated heterocycles. The highest BCUT2D eigenvalue weighted by molar-refractivity contribution is 5.44. The molecule has 166 valence electrons. The van der Waals surface area contributed by atoms with Crippen molar-refractivity contribution in [3.8, 4) is 5.75 Å². The van der Waals surface area contributed by atoms with E-state index < -0.39 is 0 Å². The minimum absolute atomic E-state index is 0.180. The number of nitrogens with zero attached hydrogens (tertiary/aromatic N) is 2. The van der Waals surface area contributed by atoms with Gasteiger partial charge in [-0.25, -0.2) is 0 Å². The fourth-order valence-corrected chi connectivity index (χ4v) is 5.04. The van der Waals surface area contributed by atoms with Crippen LogP contribution in [0.4, 0.5) is 0 Å². The molecular weight excluding hydrogens is 396 g/mol. The lowest BCUT2D eigenvalue weighted by molar-refractivity contribution is 0.0312. The standard InChI is InChI=1S/C28H32N2O2/c31-26-12-13-27-25(18-26)14-17-30(19-22-6-2-1-3-7-22)28(27)24-10-8-23(9-11-24)20-32-21-29-15-4-5-16-29/h1-3,6-13,18,28,31H,4-5,14-17,19-21H2.